The molecule has 3 aromatic heterocycles. The summed E-state index contributed by atoms with van der Waals surface area (Å²) in [5.74, 6) is -2.35. The van der Waals surface area contributed by atoms with Gasteiger partial charge in [-0.15, -0.1) is 11.3 Å². The molecule has 0 fully saturated rings. The minimum Gasteiger partial charge on any atom is -0.487 e. The van der Waals surface area contributed by atoms with E-state index < -0.39 is 11.7 Å². The van der Waals surface area contributed by atoms with Crippen molar-refractivity contribution in [3.05, 3.63) is 76.9 Å². The zero-order valence-electron chi connectivity index (χ0n) is 14.9. The Bertz CT molecular complexity index is 1090. The molecule has 0 aliphatic rings. The Morgan fingerprint density at radius 1 is 1.21 bits per heavy atom. The number of imidazole rings is 1. The van der Waals surface area contributed by atoms with Crippen molar-refractivity contribution in [2.24, 2.45) is 0 Å². The predicted molar refractivity (Wildman–Crippen MR) is 110 cm³/mol. The van der Waals surface area contributed by atoms with Crippen LogP contribution in [0.15, 0.2) is 71.2 Å². The maximum absolute atomic E-state index is 12.6. The number of thiophene rings is 1. The summed E-state index contributed by atoms with van der Waals surface area (Å²) in [5.41, 5.74) is 2.20. The number of pyridine rings is 1. The first kappa shape index (κ1) is 19.4. The van der Waals surface area contributed by atoms with E-state index in [1.165, 1.54) is 6.07 Å². The van der Waals surface area contributed by atoms with Crippen molar-refractivity contribution in [3.63, 3.8) is 0 Å². The number of rotatable bonds is 7. The third-order valence-electron chi connectivity index (χ3n) is 3.96. The van der Waals surface area contributed by atoms with Crippen molar-refractivity contribution < 1.29 is 18.3 Å². The van der Waals surface area contributed by atoms with Crippen LogP contribution in [0, 0.1) is 0 Å². The zero-order chi connectivity index (χ0) is 20.2. The van der Waals surface area contributed by atoms with E-state index in [4.69, 9.17) is 4.74 Å². The van der Waals surface area contributed by atoms with Crippen molar-refractivity contribution in [3.8, 4) is 5.75 Å². The van der Waals surface area contributed by atoms with Gasteiger partial charge in [0.15, 0.2) is 0 Å². The highest BCUT2D eigenvalue weighted by atomic mass is 32.2. The fourth-order valence-electron chi connectivity index (χ4n) is 2.69. The number of carbonyl (C=O) groups excluding carboxylic acids is 1. The maximum atomic E-state index is 12.6. The van der Waals surface area contributed by atoms with Gasteiger partial charge in [0.05, 0.1) is 5.69 Å². The number of hydrogen-bond donors (Lipinski definition) is 1. The predicted octanol–water partition coefficient (Wildman–Crippen LogP) is 5.54. The second-order valence-electron chi connectivity index (χ2n) is 5.96. The van der Waals surface area contributed by atoms with Crippen LogP contribution >= 0.6 is 23.1 Å². The fourth-order valence-corrected chi connectivity index (χ4v) is 4.28. The number of carbonyl (C=O) groups is 1. The summed E-state index contributed by atoms with van der Waals surface area (Å²) in [5, 5.41) is 4.34. The van der Waals surface area contributed by atoms with Gasteiger partial charge in [-0.2, -0.15) is 8.78 Å². The van der Waals surface area contributed by atoms with Crippen LogP contribution in [0.1, 0.15) is 15.4 Å². The normalized spacial score (nSPS) is 11.1. The number of fused-ring (bicyclic) bond motifs is 1. The molecule has 148 valence electrons. The number of ether oxygens (including phenoxy) is 1. The molecule has 29 heavy (non-hydrogen) atoms. The molecule has 0 saturated carbocycles. The van der Waals surface area contributed by atoms with Crippen molar-refractivity contribution in [1.82, 2.24) is 9.38 Å². The first-order chi connectivity index (χ1) is 14.1. The van der Waals surface area contributed by atoms with Gasteiger partial charge in [-0.25, -0.2) is 4.98 Å². The fraction of sp³-hybridized carbons (Fsp3) is 0.100. The van der Waals surface area contributed by atoms with Crippen molar-refractivity contribution in [2.45, 2.75) is 17.3 Å². The molecule has 0 bridgehead atoms. The molecule has 0 unspecified atom stereocenters. The second-order valence-corrected chi connectivity index (χ2v) is 7.91. The monoisotopic (exact) mass is 431 g/mol. The van der Waals surface area contributed by atoms with Crippen LogP contribution in [0.25, 0.3) is 5.65 Å². The van der Waals surface area contributed by atoms with Gasteiger partial charge in [0.1, 0.15) is 22.9 Å². The standard InChI is InChI=1S/C20H15F2N3O2S2/c21-20(22)29-16-8-10-28-18(16)19(26)24-13-4-6-15(7-5-13)27-12-14-11-25-9-2-1-3-17(25)23-14/h1-11,20H,12H2,(H,24,26). The molecule has 9 heteroatoms. The number of nitrogens with zero attached hydrogens (tertiary/aromatic N) is 2. The van der Waals surface area contributed by atoms with E-state index >= 15 is 0 Å². The van der Waals surface area contributed by atoms with Crippen LogP contribution in [-0.2, 0) is 6.61 Å². The molecule has 1 amide bonds. The lowest BCUT2D eigenvalue weighted by Gasteiger charge is -2.08. The quantitative estimate of drug-likeness (QED) is 0.390. The van der Waals surface area contributed by atoms with E-state index in [-0.39, 0.29) is 9.77 Å². The Hall–Kier alpha value is -2.91. The molecular formula is C20H15F2N3O2S2. The minimum atomic E-state index is -2.57. The number of thioether (sulfide) groups is 1. The molecule has 0 aliphatic heterocycles. The van der Waals surface area contributed by atoms with Gasteiger partial charge in [0, 0.05) is 23.0 Å². The van der Waals surface area contributed by atoms with E-state index in [2.05, 4.69) is 10.3 Å². The van der Waals surface area contributed by atoms with Gasteiger partial charge in [0.2, 0.25) is 0 Å². The topological polar surface area (TPSA) is 55.6 Å². The number of alkyl halides is 2. The Labute approximate surface area is 173 Å². The van der Waals surface area contributed by atoms with E-state index in [9.17, 15) is 13.6 Å². The molecule has 5 nitrogen and oxygen atoms in total. The first-order valence-electron chi connectivity index (χ1n) is 8.57. The summed E-state index contributed by atoms with van der Waals surface area (Å²) >= 11 is 1.50. The molecule has 0 spiro atoms. The summed E-state index contributed by atoms with van der Waals surface area (Å²) in [6, 6.07) is 14.1. The second kappa shape index (κ2) is 8.62. The van der Waals surface area contributed by atoms with E-state index in [1.807, 2.05) is 35.0 Å². The number of nitrogens with one attached hydrogen (secondary N) is 1. The van der Waals surface area contributed by atoms with Crippen LogP contribution in [0.5, 0.6) is 5.75 Å². The van der Waals surface area contributed by atoms with Crippen LogP contribution in [0.4, 0.5) is 14.5 Å². The van der Waals surface area contributed by atoms with Crippen LogP contribution < -0.4 is 10.1 Å². The largest absolute Gasteiger partial charge is 0.487 e. The number of anilines is 1. The molecule has 0 radical (unpaired) electrons. The zero-order valence-corrected chi connectivity index (χ0v) is 16.6. The SMILES string of the molecule is O=C(Nc1ccc(OCc2cn3ccccc3n2)cc1)c1sccc1SC(F)F. The van der Waals surface area contributed by atoms with Crippen LogP contribution in [-0.4, -0.2) is 21.0 Å². The highest BCUT2D eigenvalue weighted by molar-refractivity contribution is 7.99. The lowest BCUT2D eigenvalue weighted by atomic mass is 10.3. The summed E-state index contributed by atoms with van der Waals surface area (Å²) in [6.45, 7) is 0.316. The first-order valence-corrected chi connectivity index (χ1v) is 10.3. The summed E-state index contributed by atoms with van der Waals surface area (Å²) in [6.07, 6.45) is 3.82. The van der Waals surface area contributed by atoms with Crippen LogP contribution in [0.2, 0.25) is 0 Å². The van der Waals surface area contributed by atoms with E-state index in [0.29, 0.717) is 29.8 Å². The summed E-state index contributed by atoms with van der Waals surface area (Å²) in [7, 11) is 0. The van der Waals surface area contributed by atoms with Gasteiger partial charge in [0.25, 0.3) is 11.7 Å². The highest BCUT2D eigenvalue weighted by Crippen LogP contribution is 2.32. The Morgan fingerprint density at radius 2 is 2.03 bits per heavy atom. The van der Waals surface area contributed by atoms with Gasteiger partial charge in [-0.05, 0) is 47.8 Å². The number of aromatic nitrogens is 2. The third kappa shape index (κ3) is 4.75. The number of amides is 1. The Kier molecular flexibility index (Phi) is 5.77. The molecular weight excluding hydrogens is 416 g/mol. The molecule has 4 rings (SSSR count). The maximum Gasteiger partial charge on any atom is 0.288 e. The number of halogens is 2. The van der Waals surface area contributed by atoms with Gasteiger partial charge in [-0.1, -0.05) is 17.8 Å². The van der Waals surface area contributed by atoms with Crippen molar-refractivity contribution in [2.75, 3.05) is 5.32 Å². The van der Waals surface area contributed by atoms with Crippen molar-refractivity contribution in [1.29, 1.82) is 0 Å². The third-order valence-corrected chi connectivity index (χ3v) is 5.78. The Morgan fingerprint density at radius 3 is 2.79 bits per heavy atom. The molecule has 3 heterocycles. The molecule has 1 N–H and O–H groups in total. The summed E-state index contributed by atoms with van der Waals surface area (Å²) in [4.78, 5) is 17.4. The molecule has 1 aromatic carbocycles. The average molecular weight is 431 g/mol. The molecule has 0 atom stereocenters. The summed E-state index contributed by atoms with van der Waals surface area (Å²) < 4.78 is 32.8. The average Bonchev–Trinajstić information content (AvgIpc) is 3.33. The number of hydrogen-bond acceptors (Lipinski definition) is 5. The molecule has 0 aliphatic carbocycles. The van der Waals surface area contributed by atoms with Crippen LogP contribution in [0.3, 0.4) is 0 Å². The lowest BCUT2D eigenvalue weighted by Crippen LogP contribution is -2.11. The van der Waals surface area contributed by atoms with Crippen molar-refractivity contribution >= 4 is 40.3 Å². The van der Waals surface area contributed by atoms with E-state index in [0.717, 1.165) is 22.7 Å². The molecule has 4 aromatic rings. The van der Waals surface area contributed by atoms with Gasteiger partial charge >= 0.3 is 0 Å². The minimum absolute atomic E-state index is 0.266. The Balaban J connectivity index is 1.36. The lowest BCUT2D eigenvalue weighted by molar-refractivity contribution is 0.102. The van der Waals surface area contributed by atoms with E-state index in [1.54, 1.807) is 29.6 Å². The van der Waals surface area contributed by atoms with Gasteiger partial charge < -0.3 is 14.5 Å². The smallest absolute Gasteiger partial charge is 0.288 e. The van der Waals surface area contributed by atoms with Gasteiger partial charge in [-0.3, -0.25) is 4.79 Å². The number of benzene rings is 1. The molecule has 0 saturated heterocycles. The highest BCUT2D eigenvalue weighted by Gasteiger charge is 2.17.